The van der Waals surface area contributed by atoms with Crippen LogP contribution < -0.4 is 4.90 Å². The Hall–Kier alpha value is -6.94. The molecule has 55 heavy (non-hydrogen) atoms. The third kappa shape index (κ3) is 5.24. The molecule has 0 aliphatic carbocycles. The summed E-state index contributed by atoms with van der Waals surface area (Å²) in [5.74, 6) is 0. The minimum Gasteiger partial charge on any atom is -0.310 e. The Balaban J connectivity index is 1.06. The van der Waals surface area contributed by atoms with Gasteiger partial charge in [-0.05, 0) is 93.7 Å². The van der Waals surface area contributed by atoms with Crippen LogP contribution in [0.15, 0.2) is 206 Å². The van der Waals surface area contributed by atoms with E-state index in [0.29, 0.717) is 0 Å². The van der Waals surface area contributed by atoms with E-state index in [4.69, 9.17) is 0 Å². The topological polar surface area (TPSA) is 8.17 Å². The largest absolute Gasteiger partial charge is 0.310 e. The van der Waals surface area contributed by atoms with Crippen molar-refractivity contribution in [2.75, 3.05) is 4.90 Å². The zero-order valence-electron chi connectivity index (χ0n) is 29.9. The van der Waals surface area contributed by atoms with Crippen molar-refractivity contribution in [1.82, 2.24) is 4.57 Å². The van der Waals surface area contributed by atoms with Crippen LogP contribution >= 0.6 is 11.3 Å². The fourth-order valence-electron chi connectivity index (χ4n) is 8.45. The number of aromatic nitrogens is 1. The van der Waals surface area contributed by atoms with Gasteiger partial charge in [-0.25, -0.2) is 0 Å². The number of nitrogens with zero attached hydrogens (tertiary/aromatic N) is 2. The Bertz CT molecular complexity index is 3150. The Morgan fingerprint density at radius 1 is 0.364 bits per heavy atom. The molecule has 0 radical (unpaired) electrons. The van der Waals surface area contributed by atoms with Gasteiger partial charge < -0.3 is 9.47 Å². The summed E-state index contributed by atoms with van der Waals surface area (Å²) in [6.45, 7) is 0. The van der Waals surface area contributed by atoms with Crippen molar-refractivity contribution in [3.05, 3.63) is 206 Å². The number of fused-ring (bicyclic) bond motifs is 7. The lowest BCUT2D eigenvalue weighted by atomic mass is 9.98. The normalized spacial score (nSPS) is 11.6. The van der Waals surface area contributed by atoms with E-state index in [-0.39, 0.29) is 0 Å². The molecule has 0 N–H and O–H groups in total. The van der Waals surface area contributed by atoms with Crippen molar-refractivity contribution in [1.29, 1.82) is 0 Å². The predicted octanol–water partition coefficient (Wildman–Crippen LogP) is 15.1. The number of hydrogen-bond acceptors (Lipinski definition) is 2. The summed E-state index contributed by atoms with van der Waals surface area (Å²) in [4.78, 5) is 2.38. The molecule has 0 saturated carbocycles. The van der Waals surface area contributed by atoms with E-state index in [1.165, 1.54) is 75.0 Å². The molecule has 2 heterocycles. The van der Waals surface area contributed by atoms with E-state index >= 15 is 0 Å². The van der Waals surface area contributed by atoms with Gasteiger partial charge >= 0.3 is 0 Å². The first-order chi connectivity index (χ1) is 27.3. The molecule has 11 aromatic rings. The number of rotatable bonds is 6. The Kier molecular flexibility index (Phi) is 7.39. The summed E-state index contributed by atoms with van der Waals surface area (Å²) in [5, 5.41) is 7.66. The SMILES string of the molecule is c1cc(N(c2ccc(-c3cccc4ccccc34)cc2)c2ccc(-c3cccc4c3sc3ccccc34)cc2)cc(-n2c3ccccc3c3ccccc32)c1. The van der Waals surface area contributed by atoms with Crippen molar-refractivity contribution < 1.29 is 0 Å². The van der Waals surface area contributed by atoms with Crippen molar-refractivity contribution in [3.8, 4) is 27.9 Å². The van der Waals surface area contributed by atoms with Crippen LogP contribution in [0.5, 0.6) is 0 Å². The number of anilines is 3. The molecule has 0 fully saturated rings. The lowest BCUT2D eigenvalue weighted by Gasteiger charge is -2.27. The van der Waals surface area contributed by atoms with Gasteiger partial charge in [-0.1, -0.05) is 146 Å². The third-order valence-corrected chi connectivity index (χ3v) is 12.2. The quantitative estimate of drug-likeness (QED) is 0.166. The molecule has 0 amide bonds. The number of thiophene rings is 1. The van der Waals surface area contributed by atoms with E-state index in [9.17, 15) is 0 Å². The Labute approximate surface area is 323 Å². The second-order valence-electron chi connectivity index (χ2n) is 14.1. The molecule has 3 heteroatoms. The fourth-order valence-corrected chi connectivity index (χ4v) is 9.69. The van der Waals surface area contributed by atoms with Crippen LogP contribution in [-0.2, 0) is 0 Å². The second-order valence-corrected chi connectivity index (χ2v) is 15.2. The Morgan fingerprint density at radius 2 is 0.891 bits per heavy atom. The van der Waals surface area contributed by atoms with E-state index in [1.54, 1.807) is 0 Å². The third-order valence-electron chi connectivity index (χ3n) is 11.0. The van der Waals surface area contributed by atoms with E-state index in [1.807, 2.05) is 11.3 Å². The zero-order chi connectivity index (χ0) is 36.3. The standard InChI is InChI=1S/C52H34N2S/c1-2-16-42-35(12-1)13-9-20-43(42)36-26-30-38(31-27-36)53(39-32-28-37(29-33-39)44-21-11-22-48-47-19-5-8-25-51(47)55-52(44)48)40-14-10-15-41(34-40)54-49-23-6-3-17-45(49)46-18-4-7-24-50(46)54/h1-34H. The maximum absolute atomic E-state index is 2.39. The van der Waals surface area contributed by atoms with Crippen LogP contribution in [0.1, 0.15) is 0 Å². The summed E-state index contributed by atoms with van der Waals surface area (Å²) < 4.78 is 5.05. The smallest absolute Gasteiger partial charge is 0.0541 e. The molecule has 11 rings (SSSR count). The summed E-state index contributed by atoms with van der Waals surface area (Å²) in [6.07, 6.45) is 0. The Morgan fingerprint density at radius 3 is 1.62 bits per heavy atom. The van der Waals surface area contributed by atoms with Gasteiger partial charge in [0.2, 0.25) is 0 Å². The van der Waals surface area contributed by atoms with Crippen molar-refractivity contribution in [2.24, 2.45) is 0 Å². The monoisotopic (exact) mass is 718 g/mol. The van der Waals surface area contributed by atoms with Crippen LogP contribution in [0.4, 0.5) is 17.1 Å². The number of benzene rings is 9. The van der Waals surface area contributed by atoms with Crippen molar-refractivity contribution >= 4 is 81.1 Å². The van der Waals surface area contributed by atoms with Crippen LogP contribution in [0.2, 0.25) is 0 Å². The van der Waals surface area contributed by atoms with Gasteiger partial charge in [0.25, 0.3) is 0 Å². The average molecular weight is 719 g/mol. The average Bonchev–Trinajstić information content (AvgIpc) is 3.80. The van der Waals surface area contributed by atoms with Gasteiger partial charge in [0.05, 0.1) is 11.0 Å². The lowest BCUT2D eigenvalue weighted by Crippen LogP contribution is -2.10. The molecule has 0 atom stereocenters. The van der Waals surface area contributed by atoms with Gasteiger partial charge in [-0.15, -0.1) is 11.3 Å². The summed E-state index contributed by atoms with van der Waals surface area (Å²) in [6, 6.07) is 75.1. The molecule has 9 aromatic carbocycles. The predicted molar refractivity (Wildman–Crippen MR) is 237 cm³/mol. The summed E-state index contributed by atoms with van der Waals surface area (Å²) in [7, 11) is 0. The molecule has 0 spiro atoms. The first-order valence-corrected chi connectivity index (χ1v) is 19.6. The van der Waals surface area contributed by atoms with E-state index < -0.39 is 0 Å². The second kappa shape index (κ2) is 12.9. The highest BCUT2D eigenvalue weighted by Gasteiger charge is 2.18. The minimum atomic E-state index is 1.09. The molecule has 0 saturated heterocycles. The maximum atomic E-state index is 2.39. The highest BCUT2D eigenvalue weighted by atomic mass is 32.1. The number of para-hydroxylation sites is 2. The highest BCUT2D eigenvalue weighted by molar-refractivity contribution is 7.26. The van der Waals surface area contributed by atoms with Gasteiger partial charge in [0, 0.05) is 53.7 Å². The van der Waals surface area contributed by atoms with Crippen LogP contribution in [-0.4, -0.2) is 4.57 Å². The lowest BCUT2D eigenvalue weighted by molar-refractivity contribution is 1.17. The highest BCUT2D eigenvalue weighted by Crippen LogP contribution is 2.43. The zero-order valence-corrected chi connectivity index (χ0v) is 30.7. The molecule has 2 nitrogen and oxygen atoms in total. The van der Waals surface area contributed by atoms with Gasteiger partial charge in [0.1, 0.15) is 0 Å². The molecule has 0 unspecified atom stereocenters. The van der Waals surface area contributed by atoms with Crippen LogP contribution in [0.25, 0.3) is 80.7 Å². The molecule has 0 aliphatic heterocycles. The molecule has 2 aromatic heterocycles. The first kappa shape index (κ1) is 31.6. The molecule has 258 valence electrons. The van der Waals surface area contributed by atoms with Gasteiger partial charge in [0.15, 0.2) is 0 Å². The minimum absolute atomic E-state index is 1.09. The maximum Gasteiger partial charge on any atom is 0.0541 e. The summed E-state index contributed by atoms with van der Waals surface area (Å²) in [5.41, 5.74) is 11.7. The molecule has 0 aliphatic rings. The molecular weight excluding hydrogens is 685 g/mol. The molecular formula is C52H34N2S. The van der Waals surface area contributed by atoms with E-state index in [0.717, 1.165) is 22.7 Å². The number of hydrogen-bond donors (Lipinski definition) is 0. The van der Waals surface area contributed by atoms with E-state index in [2.05, 4.69) is 216 Å². The van der Waals surface area contributed by atoms with Gasteiger partial charge in [-0.3, -0.25) is 0 Å². The fraction of sp³-hybridized carbons (Fsp3) is 0. The van der Waals surface area contributed by atoms with Crippen LogP contribution in [0.3, 0.4) is 0 Å². The van der Waals surface area contributed by atoms with Crippen LogP contribution in [0, 0.1) is 0 Å². The van der Waals surface area contributed by atoms with Crippen molar-refractivity contribution in [2.45, 2.75) is 0 Å². The first-order valence-electron chi connectivity index (χ1n) is 18.8. The van der Waals surface area contributed by atoms with Gasteiger partial charge in [-0.2, -0.15) is 0 Å². The summed E-state index contributed by atoms with van der Waals surface area (Å²) >= 11 is 1.88. The van der Waals surface area contributed by atoms with Crippen molar-refractivity contribution in [3.63, 3.8) is 0 Å². The molecule has 0 bridgehead atoms.